The van der Waals surface area contributed by atoms with Gasteiger partial charge in [0.05, 0.1) is 6.54 Å². The lowest BCUT2D eigenvalue weighted by atomic mass is 10.1. The lowest BCUT2D eigenvalue weighted by molar-refractivity contribution is 0.359. The Morgan fingerprint density at radius 3 is 2.65 bits per heavy atom. The van der Waals surface area contributed by atoms with Crippen LogP contribution in [0.4, 0.5) is 5.69 Å². The van der Waals surface area contributed by atoms with Crippen LogP contribution in [0.15, 0.2) is 66.2 Å². The summed E-state index contributed by atoms with van der Waals surface area (Å²) >= 11 is 0. The number of para-hydroxylation sites is 1. The molecule has 4 nitrogen and oxygen atoms in total. The zero-order valence-electron chi connectivity index (χ0n) is 13.5. The van der Waals surface area contributed by atoms with Crippen molar-refractivity contribution >= 4 is 11.6 Å². The summed E-state index contributed by atoms with van der Waals surface area (Å²) in [5, 5.41) is 3.10. The van der Waals surface area contributed by atoms with Gasteiger partial charge < -0.3 is 15.8 Å². The van der Waals surface area contributed by atoms with Gasteiger partial charge in [-0.3, -0.25) is 0 Å². The minimum absolute atomic E-state index is 0.382. The van der Waals surface area contributed by atoms with Crippen LogP contribution in [0.3, 0.4) is 0 Å². The molecule has 0 saturated carbocycles. The second-order valence-electron chi connectivity index (χ2n) is 5.08. The van der Waals surface area contributed by atoms with E-state index < -0.39 is 0 Å². The van der Waals surface area contributed by atoms with Crippen molar-refractivity contribution in [2.75, 3.05) is 11.9 Å². The van der Waals surface area contributed by atoms with E-state index in [1.807, 2.05) is 36.4 Å². The molecule has 2 aromatic carbocycles. The van der Waals surface area contributed by atoms with E-state index >= 15 is 0 Å². The van der Waals surface area contributed by atoms with Gasteiger partial charge in [0.25, 0.3) is 0 Å². The highest BCUT2D eigenvalue weighted by atomic mass is 16.5. The van der Waals surface area contributed by atoms with Crippen LogP contribution in [0.1, 0.15) is 18.1 Å². The first-order valence-electron chi connectivity index (χ1n) is 7.70. The molecule has 0 aliphatic heterocycles. The molecular formula is C19H23N3O. The molecule has 0 amide bonds. The highest BCUT2D eigenvalue weighted by molar-refractivity contribution is 5.92. The van der Waals surface area contributed by atoms with Crippen LogP contribution >= 0.6 is 0 Å². The average molecular weight is 309 g/mol. The normalized spacial score (nSPS) is 11.1. The third kappa shape index (κ3) is 5.18. The van der Waals surface area contributed by atoms with Gasteiger partial charge in [0.1, 0.15) is 12.4 Å². The number of nitrogens with one attached hydrogen (secondary N) is 1. The quantitative estimate of drug-likeness (QED) is 0.465. The average Bonchev–Trinajstić information content (AvgIpc) is 2.59. The second kappa shape index (κ2) is 8.63. The minimum atomic E-state index is 0.382. The molecule has 2 aromatic rings. The van der Waals surface area contributed by atoms with Crippen molar-refractivity contribution in [1.29, 1.82) is 0 Å². The van der Waals surface area contributed by atoms with Crippen LogP contribution in [0.5, 0.6) is 5.75 Å². The summed E-state index contributed by atoms with van der Waals surface area (Å²) in [6.45, 7) is 6.71. The molecule has 120 valence electrons. The van der Waals surface area contributed by atoms with Gasteiger partial charge in [0.2, 0.25) is 0 Å². The number of nitrogens with two attached hydrogens (primary N) is 1. The fourth-order valence-electron chi connectivity index (χ4n) is 2.11. The molecule has 23 heavy (non-hydrogen) atoms. The van der Waals surface area contributed by atoms with E-state index in [0.717, 1.165) is 23.4 Å². The van der Waals surface area contributed by atoms with E-state index in [2.05, 4.69) is 35.9 Å². The van der Waals surface area contributed by atoms with Crippen molar-refractivity contribution in [3.8, 4) is 5.75 Å². The largest absolute Gasteiger partial charge is 0.489 e. The monoisotopic (exact) mass is 309 g/mol. The Morgan fingerprint density at radius 2 is 1.96 bits per heavy atom. The number of nitrogens with zero attached hydrogens (tertiary/aromatic N) is 1. The van der Waals surface area contributed by atoms with Crippen LogP contribution in [0.2, 0.25) is 0 Å². The van der Waals surface area contributed by atoms with Gasteiger partial charge in [-0.1, -0.05) is 49.9 Å². The maximum Gasteiger partial charge on any atom is 0.193 e. The van der Waals surface area contributed by atoms with Crippen molar-refractivity contribution in [1.82, 2.24) is 0 Å². The zero-order chi connectivity index (χ0) is 16.5. The van der Waals surface area contributed by atoms with Gasteiger partial charge in [-0.2, -0.15) is 0 Å². The molecule has 0 saturated heterocycles. The number of rotatable bonds is 7. The lowest BCUT2D eigenvalue weighted by Crippen LogP contribution is -2.22. The first-order chi connectivity index (χ1) is 11.2. The smallest absolute Gasteiger partial charge is 0.193 e. The predicted octanol–water partition coefficient (Wildman–Crippen LogP) is 3.74. The number of guanidine groups is 1. The Morgan fingerprint density at radius 1 is 1.22 bits per heavy atom. The number of hydrogen-bond acceptors (Lipinski definition) is 2. The van der Waals surface area contributed by atoms with E-state index in [-0.39, 0.29) is 0 Å². The van der Waals surface area contributed by atoms with Crippen molar-refractivity contribution in [2.24, 2.45) is 10.7 Å². The summed E-state index contributed by atoms with van der Waals surface area (Å²) in [5.74, 6) is 1.18. The van der Waals surface area contributed by atoms with E-state index in [1.165, 1.54) is 5.56 Å². The van der Waals surface area contributed by atoms with Crippen LogP contribution < -0.4 is 15.8 Å². The maximum absolute atomic E-state index is 5.96. The molecule has 0 bridgehead atoms. The van der Waals surface area contributed by atoms with Crippen molar-refractivity contribution < 1.29 is 4.74 Å². The van der Waals surface area contributed by atoms with Gasteiger partial charge in [-0.25, -0.2) is 4.99 Å². The molecule has 0 unspecified atom stereocenters. The molecule has 0 atom stereocenters. The lowest BCUT2D eigenvalue weighted by Gasteiger charge is -2.09. The Hall–Kier alpha value is -2.75. The van der Waals surface area contributed by atoms with Crippen molar-refractivity contribution in [3.63, 3.8) is 0 Å². The number of ether oxygens (including phenoxy) is 1. The number of aliphatic imine (C=N–C) groups is 1. The van der Waals surface area contributed by atoms with E-state index in [0.29, 0.717) is 19.1 Å². The van der Waals surface area contributed by atoms with Crippen LogP contribution in [0.25, 0.3) is 0 Å². The summed E-state index contributed by atoms with van der Waals surface area (Å²) < 4.78 is 5.61. The Labute approximate surface area is 137 Å². The molecule has 0 aliphatic carbocycles. The number of anilines is 1. The highest BCUT2D eigenvalue weighted by Crippen LogP contribution is 2.19. The molecule has 0 aliphatic rings. The molecule has 0 heterocycles. The highest BCUT2D eigenvalue weighted by Gasteiger charge is 2.02. The standard InChI is InChI=1S/C19H23N3O/c1-3-13-23-18-8-6-5-7-16(18)14-21-19(20)22-17-11-9-15(4-2)10-12-17/h3,5-12H,1,4,13-14H2,2H3,(H3,20,21,22). The molecule has 0 fully saturated rings. The summed E-state index contributed by atoms with van der Waals surface area (Å²) in [5.41, 5.74) is 9.16. The third-order valence-corrected chi connectivity index (χ3v) is 3.38. The van der Waals surface area contributed by atoms with Crippen LogP contribution in [-0.4, -0.2) is 12.6 Å². The van der Waals surface area contributed by atoms with Gasteiger partial charge in [0, 0.05) is 11.3 Å². The fourth-order valence-corrected chi connectivity index (χ4v) is 2.11. The van der Waals surface area contributed by atoms with Crippen LogP contribution in [0, 0.1) is 0 Å². The van der Waals surface area contributed by atoms with Crippen LogP contribution in [-0.2, 0) is 13.0 Å². The molecule has 0 radical (unpaired) electrons. The molecule has 4 heteroatoms. The molecule has 2 rings (SSSR count). The molecule has 3 N–H and O–H groups in total. The van der Waals surface area contributed by atoms with Crippen molar-refractivity contribution in [2.45, 2.75) is 19.9 Å². The summed E-state index contributed by atoms with van der Waals surface area (Å²) in [6, 6.07) is 15.9. The maximum atomic E-state index is 5.96. The minimum Gasteiger partial charge on any atom is -0.489 e. The zero-order valence-corrected chi connectivity index (χ0v) is 13.5. The number of benzene rings is 2. The predicted molar refractivity (Wildman–Crippen MR) is 96.9 cm³/mol. The first-order valence-corrected chi connectivity index (χ1v) is 7.70. The Kier molecular flexibility index (Phi) is 6.24. The van der Waals surface area contributed by atoms with E-state index in [9.17, 15) is 0 Å². The first kappa shape index (κ1) is 16.6. The van der Waals surface area contributed by atoms with Crippen molar-refractivity contribution in [3.05, 3.63) is 72.3 Å². The summed E-state index contributed by atoms with van der Waals surface area (Å²) in [6.07, 6.45) is 2.74. The molecule has 0 aromatic heterocycles. The Bertz CT molecular complexity index is 663. The number of aryl methyl sites for hydroxylation is 1. The van der Waals surface area contributed by atoms with Gasteiger partial charge >= 0.3 is 0 Å². The summed E-state index contributed by atoms with van der Waals surface area (Å²) in [4.78, 5) is 4.38. The van der Waals surface area contributed by atoms with E-state index in [4.69, 9.17) is 10.5 Å². The third-order valence-electron chi connectivity index (χ3n) is 3.38. The van der Waals surface area contributed by atoms with E-state index in [1.54, 1.807) is 6.08 Å². The SMILES string of the molecule is C=CCOc1ccccc1CN=C(N)Nc1ccc(CC)cc1. The van der Waals surface area contributed by atoms with Gasteiger partial charge in [0.15, 0.2) is 5.96 Å². The fraction of sp³-hybridized carbons (Fsp3) is 0.211. The molecule has 0 spiro atoms. The topological polar surface area (TPSA) is 59.6 Å². The summed E-state index contributed by atoms with van der Waals surface area (Å²) in [7, 11) is 0. The van der Waals surface area contributed by atoms with Gasteiger partial charge in [-0.05, 0) is 30.2 Å². The number of hydrogen-bond donors (Lipinski definition) is 2. The van der Waals surface area contributed by atoms with Gasteiger partial charge in [-0.15, -0.1) is 0 Å². The Balaban J connectivity index is 1.99. The second-order valence-corrected chi connectivity index (χ2v) is 5.08. The molecular weight excluding hydrogens is 286 g/mol.